The summed E-state index contributed by atoms with van der Waals surface area (Å²) in [6.07, 6.45) is 12.6. The summed E-state index contributed by atoms with van der Waals surface area (Å²) in [7, 11) is 0. The fourth-order valence-electron chi connectivity index (χ4n) is 5.37. The molecule has 17 heavy (non-hydrogen) atoms. The van der Waals surface area contributed by atoms with Crippen LogP contribution < -0.4 is 0 Å². The van der Waals surface area contributed by atoms with E-state index in [4.69, 9.17) is 5.11 Å². The van der Waals surface area contributed by atoms with E-state index >= 15 is 0 Å². The van der Waals surface area contributed by atoms with Gasteiger partial charge in [-0.2, -0.15) is 0 Å². The quantitative estimate of drug-likeness (QED) is 0.736. The molecule has 0 atom stereocenters. The molecule has 0 amide bonds. The van der Waals surface area contributed by atoms with Crippen molar-refractivity contribution >= 4 is 5.97 Å². The number of aliphatic carboxylic acids is 1. The zero-order chi connectivity index (χ0) is 11.9. The number of rotatable bonds is 5. The number of unbranched alkanes of at least 4 members (excludes halogenated alkanes) is 1. The minimum absolute atomic E-state index is 0.367. The van der Waals surface area contributed by atoms with Gasteiger partial charge >= 0.3 is 5.97 Å². The van der Waals surface area contributed by atoms with Crippen molar-refractivity contribution in [3.63, 3.8) is 0 Å². The molecule has 0 radical (unpaired) electrons. The van der Waals surface area contributed by atoms with Crippen LogP contribution in [-0.2, 0) is 4.79 Å². The SMILES string of the molecule is O=C(O)CCCCC12CC3CC(CC(C3)C1)C2. The lowest BCUT2D eigenvalue weighted by atomic mass is 9.48. The Bertz CT molecular complexity index is 273. The number of carboxylic acids is 1. The summed E-state index contributed by atoms with van der Waals surface area (Å²) in [4.78, 5) is 10.5. The zero-order valence-corrected chi connectivity index (χ0v) is 10.7. The van der Waals surface area contributed by atoms with E-state index in [-0.39, 0.29) is 0 Å². The summed E-state index contributed by atoms with van der Waals surface area (Å²) in [5.74, 6) is 2.46. The van der Waals surface area contributed by atoms with Gasteiger partial charge in [-0.1, -0.05) is 6.42 Å². The number of hydrogen-bond donors (Lipinski definition) is 1. The van der Waals surface area contributed by atoms with E-state index in [2.05, 4.69) is 0 Å². The van der Waals surface area contributed by atoms with E-state index < -0.39 is 5.97 Å². The van der Waals surface area contributed by atoms with Crippen LogP contribution in [0.1, 0.15) is 64.2 Å². The molecule has 0 spiro atoms. The van der Waals surface area contributed by atoms with Gasteiger partial charge in [0.1, 0.15) is 0 Å². The van der Waals surface area contributed by atoms with Crippen LogP contribution in [0.2, 0.25) is 0 Å². The Morgan fingerprint density at radius 1 is 1.00 bits per heavy atom. The molecule has 4 bridgehead atoms. The third kappa shape index (κ3) is 2.36. The Morgan fingerprint density at radius 2 is 1.53 bits per heavy atom. The van der Waals surface area contributed by atoms with Crippen LogP contribution in [0.3, 0.4) is 0 Å². The van der Waals surface area contributed by atoms with Crippen LogP contribution in [0.25, 0.3) is 0 Å². The van der Waals surface area contributed by atoms with Crippen LogP contribution in [0.5, 0.6) is 0 Å². The summed E-state index contributed by atoms with van der Waals surface area (Å²) in [5.41, 5.74) is 0.646. The van der Waals surface area contributed by atoms with E-state index in [1.165, 1.54) is 44.9 Å². The minimum Gasteiger partial charge on any atom is -0.481 e. The Hall–Kier alpha value is -0.530. The topological polar surface area (TPSA) is 37.3 Å². The minimum atomic E-state index is -0.629. The number of carboxylic acid groups (broad SMARTS) is 1. The lowest BCUT2D eigenvalue weighted by Gasteiger charge is -2.57. The van der Waals surface area contributed by atoms with Crippen LogP contribution in [-0.4, -0.2) is 11.1 Å². The molecule has 0 aliphatic heterocycles. The fourth-order valence-corrected chi connectivity index (χ4v) is 5.37. The lowest BCUT2D eigenvalue weighted by molar-refractivity contribution is -0.137. The normalized spacial score (nSPS) is 42.9. The van der Waals surface area contributed by atoms with Gasteiger partial charge in [-0.15, -0.1) is 0 Å². The Kier molecular flexibility index (Phi) is 2.92. The van der Waals surface area contributed by atoms with Crippen LogP contribution >= 0.6 is 0 Å². The molecule has 4 aliphatic carbocycles. The highest BCUT2D eigenvalue weighted by Gasteiger charge is 2.50. The number of hydrogen-bond acceptors (Lipinski definition) is 1. The van der Waals surface area contributed by atoms with Crippen molar-refractivity contribution < 1.29 is 9.90 Å². The highest BCUT2D eigenvalue weighted by Crippen LogP contribution is 2.61. The number of carbonyl (C=O) groups is 1. The maximum Gasteiger partial charge on any atom is 0.303 e. The third-order valence-electron chi connectivity index (χ3n) is 5.51. The van der Waals surface area contributed by atoms with E-state index in [0.717, 1.165) is 30.6 Å². The Labute approximate surface area is 104 Å². The summed E-state index contributed by atoms with van der Waals surface area (Å²) in [6, 6.07) is 0. The molecule has 2 heteroatoms. The van der Waals surface area contributed by atoms with Crippen molar-refractivity contribution in [2.24, 2.45) is 23.2 Å². The largest absolute Gasteiger partial charge is 0.481 e. The highest BCUT2D eigenvalue weighted by molar-refractivity contribution is 5.66. The second-order valence-electron chi connectivity index (χ2n) is 7.02. The van der Waals surface area contributed by atoms with Crippen molar-refractivity contribution in [1.29, 1.82) is 0 Å². The average molecular weight is 236 g/mol. The van der Waals surface area contributed by atoms with Gasteiger partial charge in [0.15, 0.2) is 0 Å². The molecule has 0 aromatic carbocycles. The molecule has 0 aromatic heterocycles. The van der Waals surface area contributed by atoms with Crippen molar-refractivity contribution in [2.45, 2.75) is 64.2 Å². The maximum absolute atomic E-state index is 10.5. The fraction of sp³-hybridized carbons (Fsp3) is 0.933. The van der Waals surface area contributed by atoms with Crippen LogP contribution in [0.15, 0.2) is 0 Å². The van der Waals surface area contributed by atoms with Gasteiger partial charge in [-0.3, -0.25) is 4.79 Å². The van der Waals surface area contributed by atoms with Gasteiger partial charge in [0, 0.05) is 6.42 Å². The maximum atomic E-state index is 10.5. The molecule has 0 saturated heterocycles. The molecule has 0 aromatic rings. The zero-order valence-electron chi connectivity index (χ0n) is 10.7. The van der Waals surface area contributed by atoms with Gasteiger partial charge in [0.2, 0.25) is 0 Å². The monoisotopic (exact) mass is 236 g/mol. The molecule has 0 unspecified atom stereocenters. The van der Waals surface area contributed by atoms with Crippen molar-refractivity contribution in [3.8, 4) is 0 Å². The van der Waals surface area contributed by atoms with Crippen molar-refractivity contribution in [3.05, 3.63) is 0 Å². The first-order valence-corrected chi connectivity index (χ1v) is 7.37. The summed E-state index contributed by atoms with van der Waals surface area (Å²) in [6.45, 7) is 0. The smallest absolute Gasteiger partial charge is 0.303 e. The van der Waals surface area contributed by atoms with Crippen molar-refractivity contribution in [2.75, 3.05) is 0 Å². The molecule has 96 valence electrons. The van der Waals surface area contributed by atoms with Gasteiger partial charge in [0.25, 0.3) is 0 Å². The third-order valence-corrected chi connectivity index (χ3v) is 5.51. The van der Waals surface area contributed by atoms with Crippen molar-refractivity contribution in [1.82, 2.24) is 0 Å². The van der Waals surface area contributed by atoms with Gasteiger partial charge < -0.3 is 5.11 Å². The highest BCUT2D eigenvalue weighted by atomic mass is 16.4. The summed E-state index contributed by atoms with van der Waals surface area (Å²) in [5, 5.41) is 8.67. The molecule has 4 rings (SSSR count). The second kappa shape index (κ2) is 4.29. The first-order valence-electron chi connectivity index (χ1n) is 7.37. The summed E-state index contributed by atoms with van der Waals surface area (Å²) < 4.78 is 0. The lowest BCUT2D eigenvalue weighted by Crippen LogP contribution is -2.45. The molecular formula is C15H24O2. The van der Waals surface area contributed by atoms with Gasteiger partial charge in [-0.05, 0) is 74.5 Å². The predicted molar refractivity (Wildman–Crippen MR) is 66.7 cm³/mol. The molecular weight excluding hydrogens is 212 g/mol. The molecule has 4 saturated carbocycles. The first kappa shape index (κ1) is 11.6. The average Bonchev–Trinajstić information content (AvgIpc) is 2.22. The molecule has 4 fully saturated rings. The van der Waals surface area contributed by atoms with Gasteiger partial charge in [-0.25, -0.2) is 0 Å². The molecule has 0 heterocycles. The Balaban J connectivity index is 1.53. The van der Waals surface area contributed by atoms with E-state index in [1.807, 2.05) is 0 Å². The van der Waals surface area contributed by atoms with Crippen LogP contribution in [0, 0.1) is 23.2 Å². The van der Waals surface area contributed by atoms with E-state index in [0.29, 0.717) is 11.8 Å². The second-order valence-corrected chi connectivity index (χ2v) is 7.02. The van der Waals surface area contributed by atoms with Gasteiger partial charge in [0.05, 0.1) is 0 Å². The predicted octanol–water partition coefficient (Wildman–Crippen LogP) is 3.85. The standard InChI is InChI=1S/C15H24O2/c16-14(17)3-1-2-4-15-8-11-5-12(9-15)7-13(6-11)10-15/h11-13H,1-10H2,(H,16,17). The Morgan fingerprint density at radius 3 is 2.00 bits per heavy atom. The molecule has 4 aliphatic rings. The molecule has 1 N–H and O–H groups in total. The molecule has 2 nitrogen and oxygen atoms in total. The van der Waals surface area contributed by atoms with E-state index in [1.54, 1.807) is 0 Å². The first-order chi connectivity index (χ1) is 8.15. The van der Waals surface area contributed by atoms with E-state index in [9.17, 15) is 4.79 Å². The summed E-state index contributed by atoms with van der Waals surface area (Å²) >= 11 is 0. The van der Waals surface area contributed by atoms with Crippen LogP contribution in [0.4, 0.5) is 0 Å².